The highest BCUT2D eigenvalue weighted by molar-refractivity contribution is 5.78. The maximum absolute atomic E-state index is 13.7. The zero-order valence-corrected chi connectivity index (χ0v) is 15.9. The molecule has 1 atom stereocenters. The Balaban J connectivity index is 1.66. The number of imidazole rings is 1. The largest absolute Gasteiger partial charge is 0.355 e. The van der Waals surface area contributed by atoms with Crippen LogP contribution >= 0.6 is 0 Å². The number of carbonyl (C=O) groups excluding carboxylic acids is 1. The van der Waals surface area contributed by atoms with Crippen LogP contribution in [0, 0.1) is 0 Å². The summed E-state index contributed by atoms with van der Waals surface area (Å²) in [5.41, 5.74) is 1.05. The molecule has 0 radical (unpaired) electrons. The fourth-order valence-corrected chi connectivity index (χ4v) is 3.56. The van der Waals surface area contributed by atoms with Crippen molar-refractivity contribution in [2.24, 2.45) is 0 Å². The van der Waals surface area contributed by atoms with Crippen LogP contribution in [0.2, 0.25) is 0 Å². The van der Waals surface area contributed by atoms with Gasteiger partial charge in [-0.3, -0.25) is 19.2 Å². The van der Waals surface area contributed by atoms with Crippen molar-refractivity contribution in [3.63, 3.8) is 0 Å². The molecule has 1 aliphatic rings. The van der Waals surface area contributed by atoms with E-state index in [1.165, 1.54) is 0 Å². The summed E-state index contributed by atoms with van der Waals surface area (Å²) in [6.45, 7) is 5.30. The number of para-hydroxylation sites is 2. The van der Waals surface area contributed by atoms with Gasteiger partial charge in [-0.05, 0) is 25.5 Å². The Labute approximate surface area is 158 Å². The first-order valence-electron chi connectivity index (χ1n) is 9.49. The van der Waals surface area contributed by atoms with Gasteiger partial charge in [0.05, 0.1) is 23.6 Å². The van der Waals surface area contributed by atoms with Gasteiger partial charge >= 0.3 is 6.55 Å². The second-order valence-corrected chi connectivity index (χ2v) is 6.94. The normalized spacial score (nSPS) is 17.5. The van der Waals surface area contributed by atoms with E-state index in [1.54, 1.807) is 18.2 Å². The summed E-state index contributed by atoms with van der Waals surface area (Å²) in [6, 6.07) is 6.78. The highest BCUT2D eigenvalue weighted by Crippen LogP contribution is 2.29. The first kappa shape index (κ1) is 19.7. The van der Waals surface area contributed by atoms with Crippen molar-refractivity contribution in [1.29, 1.82) is 0 Å². The minimum Gasteiger partial charge on any atom is -0.355 e. The molecule has 148 valence electrons. The second kappa shape index (κ2) is 8.75. The van der Waals surface area contributed by atoms with Gasteiger partial charge < -0.3 is 5.32 Å². The predicted octanol–water partition coefficient (Wildman–Crippen LogP) is 2.64. The van der Waals surface area contributed by atoms with E-state index in [-0.39, 0.29) is 11.9 Å². The van der Waals surface area contributed by atoms with Crippen LogP contribution in [0.4, 0.5) is 8.78 Å². The number of hydrogen-bond acceptors (Lipinski definition) is 4. The molecule has 6 nitrogen and oxygen atoms in total. The van der Waals surface area contributed by atoms with E-state index < -0.39 is 6.55 Å². The molecule has 1 N–H and O–H groups in total. The molecule has 0 unspecified atom stereocenters. The van der Waals surface area contributed by atoms with E-state index >= 15 is 0 Å². The van der Waals surface area contributed by atoms with Crippen molar-refractivity contribution < 1.29 is 13.6 Å². The molecule has 3 rings (SSSR count). The number of piperazine rings is 1. The molecule has 1 aromatic heterocycles. The molecular formula is C19H27F2N5O. The number of nitrogens with zero attached hydrogens (tertiary/aromatic N) is 4. The zero-order chi connectivity index (χ0) is 19.4. The lowest BCUT2D eigenvalue weighted by Crippen LogP contribution is -2.50. The van der Waals surface area contributed by atoms with Crippen LogP contribution in [0.5, 0.6) is 0 Å². The third kappa shape index (κ3) is 4.44. The summed E-state index contributed by atoms with van der Waals surface area (Å²) >= 11 is 0. The third-order valence-corrected chi connectivity index (χ3v) is 5.09. The van der Waals surface area contributed by atoms with E-state index in [4.69, 9.17) is 0 Å². The number of aromatic nitrogens is 2. The molecule has 27 heavy (non-hydrogen) atoms. The molecular weight excluding hydrogens is 352 g/mol. The van der Waals surface area contributed by atoms with Crippen molar-refractivity contribution in [2.75, 3.05) is 39.3 Å². The van der Waals surface area contributed by atoms with Crippen LogP contribution in [-0.4, -0.2) is 64.5 Å². The molecule has 0 saturated carbocycles. The first-order valence-corrected chi connectivity index (χ1v) is 9.49. The lowest BCUT2D eigenvalue weighted by Gasteiger charge is -2.37. The average Bonchev–Trinajstić information content (AvgIpc) is 3.06. The molecule has 0 bridgehead atoms. The number of alkyl halides is 2. The van der Waals surface area contributed by atoms with Gasteiger partial charge in [-0.15, -0.1) is 0 Å². The molecule has 1 amide bonds. The van der Waals surface area contributed by atoms with Gasteiger partial charge in [-0.25, -0.2) is 4.98 Å². The van der Waals surface area contributed by atoms with Crippen LogP contribution in [0.15, 0.2) is 24.3 Å². The number of carbonyl (C=O) groups is 1. The molecule has 1 aromatic carbocycles. The van der Waals surface area contributed by atoms with Crippen LogP contribution in [0.3, 0.4) is 0 Å². The Morgan fingerprint density at radius 1 is 1.22 bits per heavy atom. The number of rotatable bonds is 7. The first-order chi connectivity index (χ1) is 13.0. The van der Waals surface area contributed by atoms with Gasteiger partial charge in [-0.1, -0.05) is 19.1 Å². The average molecular weight is 379 g/mol. The minimum atomic E-state index is -2.63. The lowest BCUT2D eigenvalue weighted by molar-refractivity contribution is -0.122. The van der Waals surface area contributed by atoms with Crippen LogP contribution in [-0.2, 0) is 4.79 Å². The standard InChI is InChI=1S/C19H27F2N5O/c1-3-8-22-17(27)13-24-9-11-25(12-10-24)14(2)18-23-15-6-4-5-7-16(15)26(18)19(20)21/h4-7,14,19H,3,8-13H2,1-2H3,(H,22,27)/t14-/m1/s1. The molecule has 0 spiro atoms. The SMILES string of the molecule is CCCNC(=O)CN1CCN([C@H](C)c2nc3ccccc3n2C(F)F)CC1. The summed E-state index contributed by atoms with van der Waals surface area (Å²) in [6.07, 6.45) is 0.919. The minimum absolute atomic E-state index is 0.0397. The van der Waals surface area contributed by atoms with E-state index in [0.717, 1.165) is 24.1 Å². The molecule has 0 aliphatic carbocycles. The number of fused-ring (bicyclic) bond motifs is 1. The summed E-state index contributed by atoms with van der Waals surface area (Å²) in [5.74, 6) is 0.429. The van der Waals surface area contributed by atoms with Crippen LogP contribution < -0.4 is 5.32 Å². The van der Waals surface area contributed by atoms with Crippen molar-refractivity contribution in [3.8, 4) is 0 Å². The monoisotopic (exact) mass is 379 g/mol. The number of amides is 1. The zero-order valence-electron chi connectivity index (χ0n) is 15.9. The van der Waals surface area contributed by atoms with Crippen LogP contribution in [0.25, 0.3) is 11.0 Å². The fourth-order valence-electron chi connectivity index (χ4n) is 3.56. The second-order valence-electron chi connectivity index (χ2n) is 6.94. The molecule has 2 heterocycles. The summed E-state index contributed by atoms with van der Waals surface area (Å²) < 4.78 is 28.4. The van der Waals surface area contributed by atoms with E-state index in [0.29, 0.717) is 43.0 Å². The molecule has 2 aromatic rings. The molecule has 8 heteroatoms. The maximum Gasteiger partial charge on any atom is 0.320 e. The van der Waals surface area contributed by atoms with E-state index in [9.17, 15) is 13.6 Å². The van der Waals surface area contributed by atoms with Crippen molar-refractivity contribution in [3.05, 3.63) is 30.1 Å². The number of halogens is 2. The number of benzene rings is 1. The highest BCUT2D eigenvalue weighted by atomic mass is 19.3. The smallest absolute Gasteiger partial charge is 0.320 e. The molecule has 1 saturated heterocycles. The van der Waals surface area contributed by atoms with Gasteiger partial charge in [0.1, 0.15) is 5.82 Å². The lowest BCUT2D eigenvalue weighted by atomic mass is 10.2. The summed E-state index contributed by atoms with van der Waals surface area (Å²) in [7, 11) is 0. The van der Waals surface area contributed by atoms with Crippen LogP contribution in [0.1, 0.15) is 38.7 Å². The van der Waals surface area contributed by atoms with Crippen molar-refractivity contribution >= 4 is 16.9 Å². The third-order valence-electron chi connectivity index (χ3n) is 5.09. The van der Waals surface area contributed by atoms with Gasteiger partial charge in [0, 0.05) is 32.7 Å². The Kier molecular flexibility index (Phi) is 6.38. The van der Waals surface area contributed by atoms with Gasteiger partial charge in [0.2, 0.25) is 5.91 Å². The topological polar surface area (TPSA) is 53.4 Å². The Hall–Kier alpha value is -2.06. The quantitative estimate of drug-likeness (QED) is 0.804. The summed E-state index contributed by atoms with van der Waals surface area (Å²) in [4.78, 5) is 20.6. The van der Waals surface area contributed by atoms with E-state index in [2.05, 4.69) is 20.1 Å². The van der Waals surface area contributed by atoms with Gasteiger partial charge in [0.25, 0.3) is 0 Å². The molecule has 1 aliphatic heterocycles. The maximum atomic E-state index is 13.7. The fraction of sp³-hybridized carbons (Fsp3) is 0.579. The van der Waals surface area contributed by atoms with Crippen molar-refractivity contribution in [1.82, 2.24) is 24.7 Å². The van der Waals surface area contributed by atoms with Gasteiger partial charge in [-0.2, -0.15) is 8.78 Å². The predicted molar refractivity (Wildman–Crippen MR) is 101 cm³/mol. The Morgan fingerprint density at radius 2 is 1.93 bits per heavy atom. The van der Waals surface area contributed by atoms with E-state index in [1.807, 2.05) is 19.9 Å². The number of nitrogens with one attached hydrogen (secondary N) is 1. The summed E-state index contributed by atoms with van der Waals surface area (Å²) in [5, 5.41) is 2.88. The Bertz CT molecular complexity index is 771. The van der Waals surface area contributed by atoms with Gasteiger partial charge in [0.15, 0.2) is 0 Å². The Morgan fingerprint density at radius 3 is 2.59 bits per heavy atom. The number of hydrogen-bond donors (Lipinski definition) is 1. The van der Waals surface area contributed by atoms with Crippen molar-refractivity contribution in [2.45, 2.75) is 32.9 Å². The molecule has 1 fully saturated rings. The highest BCUT2D eigenvalue weighted by Gasteiger charge is 2.28.